The van der Waals surface area contributed by atoms with Crippen LogP contribution in [0.2, 0.25) is 0 Å². The van der Waals surface area contributed by atoms with Gasteiger partial charge in [0.15, 0.2) is 0 Å². The predicted molar refractivity (Wildman–Crippen MR) is 233 cm³/mol. The SMILES string of the molecule is C=C/C=C\C(=C)c1ccccccc(/C(C)=C/C(=C\C)CC=C2/C(=C\C)C(C)(C)c3cc4cc(S)c(-c5ccccc5)cc4cc32)c2ccccc12. The summed E-state index contributed by atoms with van der Waals surface area (Å²) >= 11 is 4.92. The third-order valence-corrected chi connectivity index (χ3v) is 10.6. The van der Waals surface area contributed by atoms with Crippen LogP contribution in [0.4, 0.5) is 0 Å². The highest BCUT2D eigenvalue weighted by molar-refractivity contribution is 7.80. The molecule has 0 saturated carbocycles. The van der Waals surface area contributed by atoms with Crippen LogP contribution in [-0.2, 0) is 5.41 Å². The smallest absolute Gasteiger partial charge is 0.0155 e. The second-order valence-electron chi connectivity index (χ2n) is 13.9. The Kier molecular flexibility index (Phi) is 11.1. The van der Waals surface area contributed by atoms with Gasteiger partial charge in [-0.15, -0.1) is 12.6 Å². The van der Waals surface area contributed by atoms with E-state index in [1.54, 1.807) is 6.08 Å². The van der Waals surface area contributed by atoms with Crippen molar-refractivity contribution in [2.45, 2.75) is 51.3 Å². The summed E-state index contributed by atoms with van der Waals surface area (Å²) < 4.78 is 0. The lowest BCUT2D eigenvalue weighted by Gasteiger charge is -2.22. The summed E-state index contributed by atoms with van der Waals surface area (Å²) in [5.74, 6) is 0. The van der Waals surface area contributed by atoms with Gasteiger partial charge in [-0.3, -0.25) is 0 Å². The van der Waals surface area contributed by atoms with Crippen LogP contribution < -0.4 is 0 Å². The molecule has 52 heavy (non-hydrogen) atoms. The van der Waals surface area contributed by atoms with Crippen molar-refractivity contribution in [2.24, 2.45) is 0 Å². The minimum atomic E-state index is -0.109. The topological polar surface area (TPSA) is 0 Å². The summed E-state index contributed by atoms with van der Waals surface area (Å²) in [6, 6.07) is 41.2. The lowest BCUT2D eigenvalue weighted by molar-refractivity contribution is 0.660. The molecule has 0 fully saturated rings. The molecule has 0 saturated heterocycles. The molecule has 0 spiro atoms. The number of hydrogen-bond acceptors (Lipinski definition) is 1. The van der Waals surface area contributed by atoms with Crippen molar-refractivity contribution in [3.63, 3.8) is 0 Å². The van der Waals surface area contributed by atoms with E-state index in [2.05, 4.69) is 187 Å². The van der Waals surface area contributed by atoms with Gasteiger partial charge in [0.05, 0.1) is 0 Å². The fraction of sp³-hybridized carbons (Fsp3) is 0.137. The Morgan fingerprint density at radius 3 is 2.02 bits per heavy atom. The molecule has 1 aliphatic rings. The van der Waals surface area contributed by atoms with E-state index in [1.807, 2.05) is 12.2 Å². The van der Waals surface area contributed by atoms with E-state index < -0.39 is 0 Å². The van der Waals surface area contributed by atoms with Gasteiger partial charge in [-0.2, -0.15) is 0 Å². The van der Waals surface area contributed by atoms with Crippen molar-refractivity contribution < 1.29 is 0 Å². The molecule has 0 bridgehead atoms. The summed E-state index contributed by atoms with van der Waals surface area (Å²) in [5.41, 5.74) is 13.3. The summed E-state index contributed by atoms with van der Waals surface area (Å²) in [6.45, 7) is 19.5. The number of hydrogen-bond donors (Lipinski definition) is 1. The zero-order chi connectivity index (χ0) is 36.8. The predicted octanol–water partition coefficient (Wildman–Crippen LogP) is 14.9. The van der Waals surface area contributed by atoms with Crippen molar-refractivity contribution in [2.75, 3.05) is 0 Å². The van der Waals surface area contributed by atoms with E-state index >= 15 is 0 Å². The molecule has 0 unspecified atom stereocenters. The van der Waals surface area contributed by atoms with Crippen LogP contribution in [0, 0.1) is 0 Å². The highest BCUT2D eigenvalue weighted by atomic mass is 32.1. The molecule has 5 aromatic carbocycles. The molecular weight excluding hydrogens is 645 g/mol. The van der Waals surface area contributed by atoms with Gasteiger partial charge in [0.25, 0.3) is 0 Å². The van der Waals surface area contributed by atoms with E-state index in [0.717, 1.165) is 33.4 Å². The average Bonchev–Trinajstić information content (AvgIpc) is 3.36. The maximum absolute atomic E-state index is 4.92. The Morgan fingerprint density at radius 1 is 0.750 bits per heavy atom. The summed E-state index contributed by atoms with van der Waals surface area (Å²) in [6.07, 6.45) is 15.9. The maximum Gasteiger partial charge on any atom is 0.0155 e. The molecule has 0 amide bonds. The van der Waals surface area contributed by atoms with Gasteiger partial charge in [-0.25, -0.2) is 0 Å². The lowest BCUT2D eigenvalue weighted by Crippen LogP contribution is -2.15. The van der Waals surface area contributed by atoms with E-state index in [9.17, 15) is 0 Å². The van der Waals surface area contributed by atoms with Crippen molar-refractivity contribution in [3.05, 3.63) is 204 Å². The van der Waals surface area contributed by atoms with Crippen LogP contribution in [-0.4, -0.2) is 0 Å². The Balaban J connectivity index is 1.44. The van der Waals surface area contributed by atoms with Crippen LogP contribution in [0.1, 0.15) is 63.3 Å². The van der Waals surface area contributed by atoms with Crippen molar-refractivity contribution in [1.82, 2.24) is 0 Å². The number of fused-ring (bicyclic) bond motifs is 3. The normalized spacial score (nSPS) is 15.7. The molecule has 1 heteroatoms. The molecule has 0 radical (unpaired) electrons. The fourth-order valence-electron chi connectivity index (χ4n) is 7.59. The molecule has 1 aliphatic carbocycles. The molecule has 258 valence electrons. The van der Waals surface area contributed by atoms with Crippen LogP contribution in [0.3, 0.4) is 0 Å². The van der Waals surface area contributed by atoms with Crippen molar-refractivity contribution in [1.29, 1.82) is 0 Å². The minimum Gasteiger partial charge on any atom is -0.143 e. The first kappa shape index (κ1) is 36.4. The van der Waals surface area contributed by atoms with Gasteiger partial charge >= 0.3 is 0 Å². The second-order valence-corrected chi connectivity index (χ2v) is 14.4. The van der Waals surface area contributed by atoms with Gasteiger partial charge in [0, 0.05) is 10.3 Å². The molecular formula is C51H48S. The third kappa shape index (κ3) is 7.33. The molecule has 0 aromatic heterocycles. The van der Waals surface area contributed by atoms with Crippen molar-refractivity contribution >= 4 is 50.9 Å². The molecule has 6 rings (SSSR count). The number of benzene rings is 4. The Bertz CT molecular complexity index is 2400. The highest BCUT2D eigenvalue weighted by Crippen LogP contribution is 2.51. The number of allylic oxidation sites excluding steroid dienone is 12. The van der Waals surface area contributed by atoms with E-state index in [1.165, 1.54) is 60.7 Å². The molecule has 0 nitrogen and oxygen atoms in total. The van der Waals surface area contributed by atoms with Crippen LogP contribution in [0.5, 0.6) is 0 Å². The van der Waals surface area contributed by atoms with Gasteiger partial charge in [0.1, 0.15) is 0 Å². The first-order valence-corrected chi connectivity index (χ1v) is 18.5. The minimum absolute atomic E-state index is 0.109. The summed E-state index contributed by atoms with van der Waals surface area (Å²) in [7, 11) is 0. The van der Waals surface area contributed by atoms with Crippen LogP contribution >= 0.6 is 12.6 Å². The van der Waals surface area contributed by atoms with Gasteiger partial charge in [-0.1, -0.05) is 161 Å². The van der Waals surface area contributed by atoms with Gasteiger partial charge < -0.3 is 0 Å². The second kappa shape index (κ2) is 15.9. The average molecular weight is 693 g/mol. The highest BCUT2D eigenvalue weighted by Gasteiger charge is 2.37. The molecule has 0 heterocycles. The van der Waals surface area contributed by atoms with Gasteiger partial charge in [0.2, 0.25) is 0 Å². The molecule has 0 atom stereocenters. The molecule has 5 aromatic rings. The molecule has 0 N–H and O–H groups in total. The van der Waals surface area contributed by atoms with Gasteiger partial charge in [-0.05, 0) is 134 Å². The third-order valence-electron chi connectivity index (χ3n) is 10.3. The lowest BCUT2D eigenvalue weighted by atomic mass is 9.81. The summed E-state index contributed by atoms with van der Waals surface area (Å²) in [4.78, 5) is 0.998. The maximum atomic E-state index is 4.92. The van der Waals surface area contributed by atoms with E-state index in [0.29, 0.717) is 0 Å². The zero-order valence-electron chi connectivity index (χ0n) is 31.1. The Labute approximate surface area is 316 Å². The summed E-state index contributed by atoms with van der Waals surface area (Å²) in [5, 5.41) is 4.79. The zero-order valence-corrected chi connectivity index (χ0v) is 32.0. The monoisotopic (exact) mass is 692 g/mol. The quantitative estimate of drug-likeness (QED) is 0.121. The van der Waals surface area contributed by atoms with E-state index in [-0.39, 0.29) is 5.41 Å². The standard InChI is InChI=1S/C51H48S/c1-8-11-21-35(4)41-24-17-12-13-18-25-42(44-27-20-19-26-43(41)44)36(5)30-37(9-2)28-29-45-47-32-39-31-46(38-22-15-14-16-23-38)50(52)34-40(39)33-49(47)51(6,7)48(45)10-3/h8-27,29-34,52H,1,4,28H2,2-3,5-7H3/b13-12?,17-12?,18-13?,21-11-,24-17?,25-18?,36-30+,37-9-,41-24?,42-25?,43-41?,44-42?,45-29?,48-10+. The fourth-order valence-corrected chi connectivity index (χ4v) is 7.92. The first-order chi connectivity index (χ1) is 25.2. The van der Waals surface area contributed by atoms with E-state index in [4.69, 9.17) is 12.6 Å². The van der Waals surface area contributed by atoms with Crippen LogP contribution in [0.15, 0.2) is 187 Å². The van der Waals surface area contributed by atoms with Crippen molar-refractivity contribution in [3.8, 4) is 11.1 Å². The Hall–Kier alpha value is -5.37. The largest absolute Gasteiger partial charge is 0.143 e. The van der Waals surface area contributed by atoms with Crippen LogP contribution in [0.25, 0.3) is 49.4 Å². The Morgan fingerprint density at radius 2 is 1.35 bits per heavy atom. The number of rotatable bonds is 8. The number of thiol groups is 1. The first-order valence-electron chi connectivity index (χ1n) is 18.1. The molecule has 0 aliphatic heterocycles.